The molecule has 0 spiro atoms. The fourth-order valence-electron chi connectivity index (χ4n) is 7.41. The molecule has 382 valence electrons. The molecule has 1 aromatic carbocycles. The molecule has 1 aromatic rings. The number of primary amides is 3. The molecule has 11 amide bonds. The first-order valence-electron chi connectivity index (χ1n) is 22.7. The molecule has 2 aliphatic rings. The molecule has 69 heavy (non-hydrogen) atoms. The topological polar surface area (TPSA) is 405 Å². The van der Waals surface area contributed by atoms with Crippen LogP contribution >= 0.6 is 21.6 Å². The van der Waals surface area contributed by atoms with Crippen LogP contribution in [0.2, 0.25) is 0 Å². The molecule has 2 saturated heterocycles. The molecule has 3 rings (SSSR count). The number of nitrogens with zero attached hydrogens (tertiary/aromatic N) is 1. The molecule has 2 aliphatic heterocycles. The molecule has 0 bridgehead atoms. The largest absolute Gasteiger partial charge is 0.370 e. The normalized spacial score (nSPS) is 24.2. The molecule has 0 saturated carbocycles. The fourth-order valence-corrected chi connectivity index (χ4v) is 9.68. The molecular formula is C43H67N13O11S2. The van der Waals surface area contributed by atoms with Gasteiger partial charge in [-0.15, -0.1) is 0 Å². The molecule has 17 N–H and O–H groups in total. The lowest BCUT2D eigenvalue weighted by atomic mass is 9.96. The number of hydrogen-bond acceptors (Lipinski definition) is 15. The SMILES string of the molecule is CC[C@H](C)[C@@H]1NC(=O)[C@H](Cc2ccccc2)NC(=O)[C@@H](N)CSSC[C@@H](C(=O)N2CCC[C@H]2C(=O)N[C@@H](CCCN)C(=O)NCC(N)=O)NC(=O)[C@H](CC(N)=O)NC(=O)[C@H](CCCC(N)=O)NC1=O. The number of benzene rings is 1. The third-order valence-corrected chi connectivity index (χ3v) is 13.9. The van der Waals surface area contributed by atoms with Gasteiger partial charge in [0.15, 0.2) is 0 Å². The van der Waals surface area contributed by atoms with Crippen molar-refractivity contribution in [3.05, 3.63) is 35.9 Å². The third-order valence-electron chi connectivity index (χ3n) is 11.4. The van der Waals surface area contributed by atoms with Gasteiger partial charge in [0.05, 0.1) is 19.0 Å². The Hall–Kier alpha value is -5.99. The van der Waals surface area contributed by atoms with Gasteiger partial charge in [0.1, 0.15) is 42.3 Å². The Morgan fingerprint density at radius 1 is 0.783 bits per heavy atom. The molecule has 0 aliphatic carbocycles. The van der Waals surface area contributed by atoms with E-state index in [2.05, 4.69) is 37.2 Å². The van der Waals surface area contributed by atoms with Crippen molar-refractivity contribution in [2.24, 2.45) is 34.6 Å². The van der Waals surface area contributed by atoms with E-state index in [1.807, 2.05) is 0 Å². The van der Waals surface area contributed by atoms with Crippen molar-refractivity contribution in [3.8, 4) is 0 Å². The van der Waals surface area contributed by atoms with Gasteiger partial charge in [0.25, 0.3) is 0 Å². The van der Waals surface area contributed by atoms with E-state index in [4.69, 9.17) is 28.7 Å². The Morgan fingerprint density at radius 3 is 2.06 bits per heavy atom. The minimum Gasteiger partial charge on any atom is -0.370 e. The molecule has 24 nitrogen and oxygen atoms in total. The molecule has 2 fully saturated rings. The monoisotopic (exact) mass is 1010 g/mol. The number of carbonyl (C=O) groups is 11. The van der Waals surface area contributed by atoms with Gasteiger partial charge in [-0.3, -0.25) is 52.7 Å². The summed E-state index contributed by atoms with van der Waals surface area (Å²) < 4.78 is 0. The summed E-state index contributed by atoms with van der Waals surface area (Å²) >= 11 is 0. The lowest BCUT2D eigenvalue weighted by Gasteiger charge is -2.31. The van der Waals surface area contributed by atoms with Crippen LogP contribution in [0.5, 0.6) is 0 Å². The number of nitrogens with two attached hydrogens (primary N) is 5. The second kappa shape index (κ2) is 29.1. The van der Waals surface area contributed by atoms with Crippen molar-refractivity contribution < 1.29 is 52.7 Å². The van der Waals surface area contributed by atoms with E-state index in [0.717, 1.165) is 21.6 Å². The highest BCUT2D eigenvalue weighted by Gasteiger charge is 2.41. The van der Waals surface area contributed by atoms with Crippen LogP contribution in [0.4, 0.5) is 0 Å². The Balaban J connectivity index is 2.04. The number of likely N-dealkylation sites (tertiary alicyclic amines) is 1. The first-order chi connectivity index (χ1) is 32.7. The number of hydrogen-bond donors (Lipinski definition) is 12. The van der Waals surface area contributed by atoms with Crippen molar-refractivity contribution in [2.75, 3.05) is 31.1 Å². The lowest BCUT2D eigenvalue weighted by molar-refractivity contribution is -0.142. The summed E-state index contributed by atoms with van der Waals surface area (Å²) in [5, 5.41) is 18.1. The highest BCUT2D eigenvalue weighted by atomic mass is 33.1. The maximum atomic E-state index is 14.5. The van der Waals surface area contributed by atoms with Gasteiger partial charge in [-0.2, -0.15) is 0 Å². The van der Waals surface area contributed by atoms with Crippen LogP contribution in [0.25, 0.3) is 0 Å². The van der Waals surface area contributed by atoms with Crippen molar-refractivity contribution in [1.29, 1.82) is 0 Å². The van der Waals surface area contributed by atoms with E-state index in [9.17, 15) is 52.7 Å². The van der Waals surface area contributed by atoms with E-state index < -0.39 is 132 Å². The van der Waals surface area contributed by atoms with Crippen molar-refractivity contribution in [2.45, 2.75) is 126 Å². The number of rotatable bonds is 19. The highest BCUT2D eigenvalue weighted by molar-refractivity contribution is 8.76. The van der Waals surface area contributed by atoms with E-state index >= 15 is 0 Å². The molecular weight excluding hydrogens is 939 g/mol. The second-order valence-corrected chi connectivity index (χ2v) is 19.4. The highest BCUT2D eigenvalue weighted by Crippen LogP contribution is 2.26. The van der Waals surface area contributed by atoms with Crippen LogP contribution in [0.3, 0.4) is 0 Å². The predicted molar refractivity (Wildman–Crippen MR) is 256 cm³/mol. The number of carbonyl (C=O) groups excluding carboxylic acids is 11. The summed E-state index contributed by atoms with van der Waals surface area (Å²) in [4.78, 5) is 148. The van der Waals surface area contributed by atoms with Gasteiger partial charge in [-0.05, 0) is 56.6 Å². The van der Waals surface area contributed by atoms with Crippen molar-refractivity contribution in [1.82, 2.24) is 42.1 Å². The van der Waals surface area contributed by atoms with Crippen LogP contribution in [0, 0.1) is 5.92 Å². The standard InChI is InChI=1S/C43H67N13O11S2/c1-3-23(2)35-42(66)51-27(12-7-15-32(46)57)38(62)53-29(19-33(47)58)39(63)54-30(22-69-68-21-25(45)36(60)52-28(40(64)55-35)18-24-10-5-4-6-11-24)43(67)56-17-9-14-31(56)41(65)50-26(13-8-16-44)37(61)49-20-34(48)59/h4-6,10-11,23,25-31,35H,3,7-9,12-22,44-45H2,1-2H3,(H2,46,57)(H2,47,58)(H2,48,59)(H,49,61)(H,50,65)(H,51,66)(H,52,60)(H,53,62)(H,54,63)(H,55,64)/t23-,25-,26-,27-,28-,29-,30-,31-,35-/m0/s1. The van der Waals surface area contributed by atoms with E-state index in [0.29, 0.717) is 24.8 Å². The zero-order valence-corrected chi connectivity index (χ0v) is 40.5. The summed E-state index contributed by atoms with van der Waals surface area (Å²) in [5.74, 6) is -9.74. The molecule has 0 aromatic heterocycles. The predicted octanol–water partition coefficient (Wildman–Crippen LogP) is -4.23. The summed E-state index contributed by atoms with van der Waals surface area (Å²) in [5.41, 5.74) is 28.7. The van der Waals surface area contributed by atoms with E-state index in [-0.39, 0.29) is 63.1 Å². The Labute approximate surface area is 408 Å². The minimum atomic E-state index is -1.72. The summed E-state index contributed by atoms with van der Waals surface area (Å²) in [6.07, 6.45) is 0.173. The Kier molecular flexibility index (Phi) is 24.2. The lowest BCUT2D eigenvalue weighted by Crippen LogP contribution is -2.61. The van der Waals surface area contributed by atoms with Gasteiger partial charge in [-0.1, -0.05) is 72.2 Å². The second-order valence-electron chi connectivity index (χ2n) is 16.9. The van der Waals surface area contributed by atoms with Gasteiger partial charge in [0, 0.05) is 30.9 Å². The quantitative estimate of drug-likeness (QED) is 0.0585. The van der Waals surface area contributed by atoms with Gasteiger partial charge in [0.2, 0.25) is 65.0 Å². The fraction of sp³-hybridized carbons (Fsp3) is 0.605. The molecule has 0 unspecified atom stereocenters. The van der Waals surface area contributed by atoms with Crippen LogP contribution < -0.4 is 65.9 Å². The van der Waals surface area contributed by atoms with Gasteiger partial charge in [-0.25, -0.2) is 0 Å². The number of nitrogens with one attached hydrogen (secondary N) is 7. The third kappa shape index (κ3) is 19.1. The van der Waals surface area contributed by atoms with Crippen LogP contribution in [0.15, 0.2) is 30.3 Å². The Bertz CT molecular complexity index is 2000. The smallest absolute Gasteiger partial charge is 0.246 e. The first kappa shape index (κ1) is 57.3. The van der Waals surface area contributed by atoms with Crippen LogP contribution in [0.1, 0.15) is 77.2 Å². The van der Waals surface area contributed by atoms with Gasteiger partial charge < -0.3 is 70.8 Å². The maximum Gasteiger partial charge on any atom is 0.246 e. The zero-order chi connectivity index (χ0) is 51.2. The Morgan fingerprint density at radius 2 is 1.42 bits per heavy atom. The molecule has 0 radical (unpaired) electrons. The molecule has 26 heteroatoms. The summed E-state index contributed by atoms with van der Waals surface area (Å²) in [6, 6.07) is -1.79. The van der Waals surface area contributed by atoms with E-state index in [1.165, 1.54) is 4.90 Å². The summed E-state index contributed by atoms with van der Waals surface area (Å²) in [7, 11) is 2.09. The average molecular weight is 1010 g/mol. The minimum absolute atomic E-state index is 0.00592. The van der Waals surface area contributed by atoms with Crippen LogP contribution in [-0.4, -0.2) is 149 Å². The van der Waals surface area contributed by atoms with E-state index in [1.54, 1.807) is 44.2 Å². The molecule has 9 atom stereocenters. The summed E-state index contributed by atoms with van der Waals surface area (Å²) in [6.45, 7) is 3.22. The van der Waals surface area contributed by atoms with Crippen molar-refractivity contribution >= 4 is 86.6 Å². The maximum absolute atomic E-state index is 14.5. The van der Waals surface area contributed by atoms with Crippen molar-refractivity contribution in [3.63, 3.8) is 0 Å². The number of amides is 11. The molecule has 2 heterocycles. The van der Waals surface area contributed by atoms with Crippen LogP contribution in [-0.2, 0) is 59.2 Å². The average Bonchev–Trinajstić information content (AvgIpc) is 3.81. The first-order valence-corrected chi connectivity index (χ1v) is 25.2. The van der Waals surface area contributed by atoms with Gasteiger partial charge >= 0.3 is 0 Å². The zero-order valence-electron chi connectivity index (χ0n) is 38.8.